The van der Waals surface area contributed by atoms with Gasteiger partial charge in [-0.05, 0) is 68.6 Å². The molecule has 0 aromatic carbocycles. The number of halogens is 4. The van der Waals surface area contributed by atoms with Crippen LogP contribution in [0.4, 0.5) is 0 Å². The molecule has 5 amide bonds. The first-order valence-electron chi connectivity index (χ1n) is 15.7. The Bertz CT molecular complexity index is 1130. The largest absolute Gasteiger partial charge is 0.341 e. The number of imide groups is 2. The maximum absolute atomic E-state index is 14.0. The third kappa shape index (κ3) is 4.43. The number of carbonyl (C=O) groups is 5. The van der Waals surface area contributed by atoms with E-state index in [9.17, 15) is 24.0 Å². The molecule has 3 heterocycles. The molecular formula is C30H37Br4N3O5. The molecule has 7 fully saturated rings. The van der Waals surface area contributed by atoms with E-state index < -0.39 is 6.04 Å². The minimum atomic E-state index is -0.820. The Hall–Kier alpha value is -0.330. The highest BCUT2D eigenvalue weighted by Gasteiger charge is 2.68. The van der Waals surface area contributed by atoms with E-state index in [1.165, 1.54) is 9.80 Å². The summed E-state index contributed by atoms with van der Waals surface area (Å²) in [5, 5.41) is 0. The van der Waals surface area contributed by atoms with Gasteiger partial charge in [-0.3, -0.25) is 33.8 Å². The van der Waals surface area contributed by atoms with E-state index in [4.69, 9.17) is 0 Å². The van der Waals surface area contributed by atoms with Crippen LogP contribution in [0.1, 0.15) is 57.8 Å². The van der Waals surface area contributed by atoms with Crippen LogP contribution < -0.4 is 0 Å². The second-order valence-electron chi connectivity index (χ2n) is 13.6. The highest BCUT2D eigenvalue weighted by Crippen LogP contribution is 2.61. The molecule has 4 bridgehead atoms. The summed E-state index contributed by atoms with van der Waals surface area (Å²) < 4.78 is 0. The van der Waals surface area contributed by atoms with Crippen LogP contribution in [-0.2, 0) is 24.0 Å². The molecule has 7 aliphatic rings. The van der Waals surface area contributed by atoms with E-state index in [0.29, 0.717) is 38.9 Å². The summed E-state index contributed by atoms with van der Waals surface area (Å²) in [5.74, 6) is -1.22. The van der Waals surface area contributed by atoms with E-state index in [1.54, 1.807) is 0 Å². The Labute approximate surface area is 280 Å². The fourth-order valence-electron chi connectivity index (χ4n) is 9.78. The molecule has 3 aliphatic heterocycles. The Morgan fingerprint density at radius 2 is 1.07 bits per heavy atom. The highest BCUT2D eigenvalue weighted by molar-refractivity contribution is 9.12. The Balaban J connectivity index is 1.05. The second-order valence-corrected chi connectivity index (χ2v) is 17.9. The van der Waals surface area contributed by atoms with Gasteiger partial charge in [0.1, 0.15) is 6.04 Å². The number of alkyl halides is 4. The molecule has 12 heteroatoms. The lowest BCUT2D eigenvalue weighted by Gasteiger charge is -2.32. The molecule has 4 aliphatic carbocycles. The predicted molar refractivity (Wildman–Crippen MR) is 169 cm³/mol. The van der Waals surface area contributed by atoms with Crippen molar-refractivity contribution in [2.24, 2.45) is 47.3 Å². The van der Waals surface area contributed by atoms with Crippen molar-refractivity contribution in [2.45, 2.75) is 83.1 Å². The number of unbranched alkanes of at least 4 members (excludes halogenated alkanes) is 1. The van der Waals surface area contributed by atoms with Gasteiger partial charge in [0.2, 0.25) is 29.5 Å². The summed E-state index contributed by atoms with van der Waals surface area (Å²) >= 11 is 15.0. The van der Waals surface area contributed by atoms with Gasteiger partial charge in [0, 0.05) is 38.9 Å². The van der Waals surface area contributed by atoms with E-state index >= 15 is 0 Å². The van der Waals surface area contributed by atoms with E-state index in [0.717, 1.165) is 38.5 Å². The summed E-state index contributed by atoms with van der Waals surface area (Å²) in [5.41, 5.74) is 0. The molecule has 0 spiro atoms. The molecule has 42 heavy (non-hydrogen) atoms. The van der Waals surface area contributed by atoms with Crippen LogP contribution in [0.2, 0.25) is 0 Å². The second kappa shape index (κ2) is 11.5. The number of nitrogens with zero attached hydrogens (tertiary/aromatic N) is 3. The Morgan fingerprint density at radius 3 is 1.52 bits per heavy atom. The zero-order valence-corrected chi connectivity index (χ0v) is 29.7. The first-order valence-corrected chi connectivity index (χ1v) is 19.4. The van der Waals surface area contributed by atoms with E-state index in [1.807, 2.05) is 4.90 Å². The van der Waals surface area contributed by atoms with Crippen LogP contribution >= 0.6 is 63.7 Å². The van der Waals surface area contributed by atoms with Crippen molar-refractivity contribution < 1.29 is 24.0 Å². The summed E-state index contributed by atoms with van der Waals surface area (Å²) in [4.78, 5) is 73.8. The summed E-state index contributed by atoms with van der Waals surface area (Å²) in [7, 11) is 0. The lowest BCUT2D eigenvalue weighted by molar-refractivity contribution is -0.152. The third-order valence-corrected chi connectivity index (χ3v) is 18.1. The van der Waals surface area contributed by atoms with Crippen LogP contribution in [0.5, 0.6) is 0 Å². The Morgan fingerprint density at radius 1 is 0.643 bits per heavy atom. The smallest absolute Gasteiger partial charge is 0.245 e. The topological polar surface area (TPSA) is 95.1 Å². The van der Waals surface area contributed by atoms with Crippen LogP contribution in [0.25, 0.3) is 0 Å². The fourth-order valence-corrected chi connectivity index (χ4v) is 13.5. The molecule has 0 aromatic heterocycles. The predicted octanol–water partition coefficient (Wildman–Crippen LogP) is 4.48. The summed E-state index contributed by atoms with van der Waals surface area (Å²) in [6.07, 6.45) is 7.23. The number of fused-ring (bicyclic) bond motifs is 10. The van der Waals surface area contributed by atoms with Gasteiger partial charge in [0.05, 0.1) is 23.7 Å². The van der Waals surface area contributed by atoms with Crippen molar-refractivity contribution in [1.82, 2.24) is 14.7 Å². The maximum atomic E-state index is 14.0. The van der Waals surface area contributed by atoms with Gasteiger partial charge >= 0.3 is 0 Å². The molecular weight excluding hydrogens is 802 g/mol. The Kier molecular flexibility index (Phi) is 8.29. The molecule has 3 saturated heterocycles. The quantitative estimate of drug-likeness (QED) is 0.214. The van der Waals surface area contributed by atoms with Crippen molar-refractivity contribution in [1.29, 1.82) is 0 Å². The fraction of sp³-hybridized carbons (Fsp3) is 0.833. The van der Waals surface area contributed by atoms with Gasteiger partial charge in [-0.25, -0.2) is 0 Å². The van der Waals surface area contributed by atoms with Crippen LogP contribution in [-0.4, -0.2) is 89.2 Å². The number of rotatable bonds is 7. The first-order chi connectivity index (χ1) is 20.1. The van der Waals surface area contributed by atoms with Gasteiger partial charge in [-0.1, -0.05) is 76.6 Å². The summed E-state index contributed by atoms with van der Waals surface area (Å²) in [6.45, 7) is 1.63. The molecule has 0 aromatic rings. The van der Waals surface area contributed by atoms with Crippen LogP contribution in [0.15, 0.2) is 0 Å². The number of likely N-dealkylation sites (tertiary alicyclic amines) is 3. The monoisotopic (exact) mass is 835 g/mol. The average Bonchev–Trinajstić information content (AvgIpc) is 3.73. The number of hydrogen-bond donors (Lipinski definition) is 0. The first kappa shape index (κ1) is 30.3. The minimum Gasteiger partial charge on any atom is -0.341 e. The van der Waals surface area contributed by atoms with Gasteiger partial charge in [0.25, 0.3) is 0 Å². The zero-order valence-electron chi connectivity index (χ0n) is 23.4. The third-order valence-electron chi connectivity index (χ3n) is 11.7. The minimum absolute atomic E-state index is 0.0552. The molecule has 0 unspecified atom stereocenters. The maximum Gasteiger partial charge on any atom is 0.245 e. The van der Waals surface area contributed by atoms with Crippen molar-refractivity contribution >= 4 is 93.3 Å². The van der Waals surface area contributed by atoms with Crippen molar-refractivity contribution in [2.75, 3.05) is 19.6 Å². The van der Waals surface area contributed by atoms with Gasteiger partial charge in [-0.2, -0.15) is 0 Å². The van der Waals surface area contributed by atoms with Gasteiger partial charge in [0.15, 0.2) is 0 Å². The van der Waals surface area contributed by atoms with E-state index in [2.05, 4.69) is 63.7 Å². The van der Waals surface area contributed by atoms with Crippen molar-refractivity contribution in [3.8, 4) is 0 Å². The van der Waals surface area contributed by atoms with Gasteiger partial charge < -0.3 is 4.90 Å². The molecule has 7 rings (SSSR count). The number of amides is 5. The highest BCUT2D eigenvalue weighted by atomic mass is 79.9. The molecule has 8 nitrogen and oxygen atoms in total. The van der Waals surface area contributed by atoms with Crippen molar-refractivity contribution in [3.63, 3.8) is 0 Å². The molecule has 0 N–H and O–H groups in total. The molecule has 13 atom stereocenters. The van der Waals surface area contributed by atoms with Crippen LogP contribution in [0, 0.1) is 47.3 Å². The van der Waals surface area contributed by atoms with Crippen molar-refractivity contribution in [3.05, 3.63) is 0 Å². The lowest BCUT2D eigenvalue weighted by Crippen LogP contribution is -2.52. The van der Waals surface area contributed by atoms with E-state index in [-0.39, 0.29) is 96.2 Å². The molecule has 230 valence electrons. The van der Waals surface area contributed by atoms with Crippen LogP contribution in [0.3, 0.4) is 0 Å². The lowest BCUT2D eigenvalue weighted by atomic mass is 9.81. The normalized spacial score (nSPS) is 44.8. The standard InChI is InChI=1S/C30H37Br4N3O5/c31-22-13-11-14(23(22)32)19-18(13)27(39)36(28(19)40)10-6-3-7-17(26(38)35-8-4-1-2-5-9-35)37-29(41)20-15-12-16(21(20)30(37)42)25(34)24(15)33/h13-25H,1-12H2/t13-,14-,15-,16-,17+,18-,19+,20-,21+,22-,23+,24-,25+/m1/s1. The number of hydrogen-bond acceptors (Lipinski definition) is 5. The number of carbonyl (C=O) groups excluding carboxylic acids is 5. The zero-order chi connectivity index (χ0) is 29.6. The molecule has 0 radical (unpaired) electrons. The van der Waals surface area contributed by atoms with Gasteiger partial charge in [-0.15, -0.1) is 0 Å². The molecule has 4 saturated carbocycles. The average molecular weight is 839 g/mol. The summed E-state index contributed by atoms with van der Waals surface area (Å²) in [6, 6.07) is -0.820. The SMILES string of the molecule is O=C([C@H](CCCCN1C(=O)[C@@H]2[C@H]3C[C@@H]([C@H](Br)[C@@H]3Br)[C@@H]2C1=O)N1C(=O)[C@@H]2[C@H]3C[C@@H]([C@H](Br)[C@@H]3Br)[C@@H]2C1=O)N1CCCCCC1.